The van der Waals surface area contributed by atoms with Gasteiger partial charge in [-0.3, -0.25) is 9.59 Å². The summed E-state index contributed by atoms with van der Waals surface area (Å²) in [5.41, 5.74) is -1.45. The van der Waals surface area contributed by atoms with Crippen molar-refractivity contribution in [2.24, 2.45) is 0 Å². The van der Waals surface area contributed by atoms with Crippen LogP contribution in [0, 0.1) is 0 Å². The lowest BCUT2D eigenvalue weighted by Crippen LogP contribution is -2.20. The Morgan fingerprint density at radius 2 is 0.967 bits per heavy atom. The fourth-order valence-electron chi connectivity index (χ4n) is 2.14. The van der Waals surface area contributed by atoms with Crippen LogP contribution in [-0.4, -0.2) is 73.7 Å². The van der Waals surface area contributed by atoms with Gasteiger partial charge in [0.2, 0.25) is 0 Å². The SMILES string of the molecule is CCCCOCCOC(=O)C/C(C(=O)O)=C(/CC(=O)OCCOCCCC)C(=O)O. The lowest BCUT2D eigenvalue weighted by atomic mass is 10.0. The van der Waals surface area contributed by atoms with Gasteiger partial charge in [0.25, 0.3) is 0 Å². The van der Waals surface area contributed by atoms with Gasteiger partial charge < -0.3 is 29.2 Å². The largest absolute Gasteiger partial charge is 0.478 e. The molecule has 30 heavy (non-hydrogen) atoms. The molecular formula is C20H32O10. The Bertz CT molecular complexity index is 532. The first-order valence-corrected chi connectivity index (χ1v) is 9.98. The molecule has 0 saturated carbocycles. The molecule has 0 heterocycles. The van der Waals surface area contributed by atoms with Crippen LogP contribution in [0.4, 0.5) is 0 Å². The Kier molecular flexibility index (Phi) is 16.0. The molecule has 0 fully saturated rings. The minimum Gasteiger partial charge on any atom is -0.478 e. The Morgan fingerprint density at radius 3 is 1.27 bits per heavy atom. The van der Waals surface area contributed by atoms with E-state index in [4.69, 9.17) is 18.9 Å². The van der Waals surface area contributed by atoms with Crippen molar-refractivity contribution < 1.29 is 48.3 Å². The number of carboxylic acids is 2. The number of hydrogen-bond donors (Lipinski definition) is 2. The number of carboxylic acid groups (broad SMARTS) is 2. The van der Waals surface area contributed by atoms with Gasteiger partial charge in [0.1, 0.15) is 13.2 Å². The lowest BCUT2D eigenvalue weighted by Gasteiger charge is -2.10. The van der Waals surface area contributed by atoms with Crippen LogP contribution >= 0.6 is 0 Å². The molecule has 0 spiro atoms. The van der Waals surface area contributed by atoms with Crippen molar-refractivity contribution in [2.45, 2.75) is 52.4 Å². The Labute approximate surface area is 176 Å². The van der Waals surface area contributed by atoms with Crippen molar-refractivity contribution >= 4 is 23.9 Å². The first-order chi connectivity index (χ1) is 14.3. The second-order valence-electron chi connectivity index (χ2n) is 6.29. The topological polar surface area (TPSA) is 146 Å². The van der Waals surface area contributed by atoms with E-state index in [1.165, 1.54) is 0 Å². The number of ether oxygens (including phenoxy) is 4. The van der Waals surface area contributed by atoms with Gasteiger partial charge in [-0.15, -0.1) is 0 Å². The van der Waals surface area contributed by atoms with Gasteiger partial charge in [-0.25, -0.2) is 9.59 Å². The molecule has 0 unspecified atom stereocenters. The Balaban J connectivity index is 4.71. The summed E-state index contributed by atoms with van der Waals surface area (Å²) in [6.07, 6.45) is 2.06. The number of esters is 2. The average Bonchev–Trinajstić information content (AvgIpc) is 2.69. The van der Waals surface area contributed by atoms with Gasteiger partial charge in [-0.1, -0.05) is 26.7 Å². The van der Waals surface area contributed by atoms with Gasteiger partial charge in [0, 0.05) is 13.2 Å². The van der Waals surface area contributed by atoms with Crippen LogP contribution in [0.5, 0.6) is 0 Å². The summed E-state index contributed by atoms with van der Waals surface area (Å²) in [5.74, 6) is -5.11. The molecule has 0 bridgehead atoms. The molecule has 0 aromatic carbocycles. The summed E-state index contributed by atoms with van der Waals surface area (Å²) >= 11 is 0. The molecule has 0 aliphatic heterocycles. The van der Waals surface area contributed by atoms with Crippen LogP contribution in [0.2, 0.25) is 0 Å². The average molecular weight is 432 g/mol. The van der Waals surface area contributed by atoms with Crippen LogP contribution in [-0.2, 0) is 38.1 Å². The number of aliphatic carboxylic acids is 2. The molecular weight excluding hydrogens is 400 g/mol. The Hall–Kier alpha value is -2.46. The third-order valence-electron chi connectivity index (χ3n) is 3.79. The molecule has 0 aromatic rings. The van der Waals surface area contributed by atoms with Crippen molar-refractivity contribution in [3.05, 3.63) is 11.1 Å². The molecule has 0 saturated heterocycles. The van der Waals surface area contributed by atoms with E-state index in [1.54, 1.807) is 0 Å². The van der Waals surface area contributed by atoms with E-state index in [1.807, 2.05) is 13.8 Å². The molecule has 0 aliphatic carbocycles. The fourth-order valence-corrected chi connectivity index (χ4v) is 2.14. The van der Waals surface area contributed by atoms with Crippen molar-refractivity contribution in [3.8, 4) is 0 Å². The molecule has 0 aliphatic rings. The van der Waals surface area contributed by atoms with Gasteiger partial charge in [-0.2, -0.15) is 0 Å². The lowest BCUT2D eigenvalue weighted by molar-refractivity contribution is -0.147. The molecule has 0 radical (unpaired) electrons. The molecule has 0 atom stereocenters. The maximum absolute atomic E-state index is 11.9. The summed E-state index contributed by atoms with van der Waals surface area (Å²) in [7, 11) is 0. The fraction of sp³-hybridized carbons (Fsp3) is 0.700. The van der Waals surface area contributed by atoms with Crippen LogP contribution in [0.3, 0.4) is 0 Å². The second-order valence-corrected chi connectivity index (χ2v) is 6.29. The Morgan fingerprint density at radius 1 is 0.600 bits per heavy atom. The molecule has 0 aromatic heterocycles. The minimum atomic E-state index is -1.63. The predicted octanol–water partition coefficient (Wildman–Crippen LogP) is 1.95. The maximum Gasteiger partial charge on any atom is 0.332 e. The first kappa shape index (κ1) is 27.5. The quantitative estimate of drug-likeness (QED) is 0.187. The molecule has 2 N–H and O–H groups in total. The van der Waals surface area contributed by atoms with Gasteiger partial charge >= 0.3 is 23.9 Å². The van der Waals surface area contributed by atoms with E-state index in [0.29, 0.717) is 13.2 Å². The normalized spacial score (nSPS) is 11.5. The molecule has 10 nitrogen and oxygen atoms in total. The molecule has 0 rings (SSSR count). The predicted molar refractivity (Wildman–Crippen MR) is 105 cm³/mol. The summed E-state index contributed by atoms with van der Waals surface area (Å²) in [5, 5.41) is 18.6. The standard InChI is InChI=1S/C20H32O10/c1-3-5-7-27-9-11-29-17(21)13-15(19(23)24)16(20(25)26)14-18(22)30-12-10-28-8-6-4-2/h3-14H2,1-2H3,(H,23,24)(H,25,26)/b16-15+. The van der Waals surface area contributed by atoms with Gasteiger partial charge in [0.15, 0.2) is 0 Å². The van der Waals surface area contributed by atoms with E-state index < -0.39 is 47.9 Å². The summed E-state index contributed by atoms with van der Waals surface area (Å²) < 4.78 is 20.1. The monoisotopic (exact) mass is 432 g/mol. The second kappa shape index (κ2) is 17.4. The van der Waals surface area contributed by atoms with Crippen LogP contribution in [0.25, 0.3) is 0 Å². The molecule has 0 amide bonds. The van der Waals surface area contributed by atoms with Crippen molar-refractivity contribution in [1.82, 2.24) is 0 Å². The van der Waals surface area contributed by atoms with E-state index in [-0.39, 0.29) is 26.4 Å². The van der Waals surface area contributed by atoms with Crippen molar-refractivity contribution in [3.63, 3.8) is 0 Å². The molecule has 10 heteroatoms. The first-order valence-electron chi connectivity index (χ1n) is 9.98. The van der Waals surface area contributed by atoms with Crippen molar-refractivity contribution in [2.75, 3.05) is 39.6 Å². The van der Waals surface area contributed by atoms with Gasteiger partial charge in [0.05, 0.1) is 37.2 Å². The number of rotatable bonds is 18. The summed E-state index contributed by atoms with van der Waals surface area (Å²) in [6, 6.07) is 0. The van der Waals surface area contributed by atoms with E-state index in [9.17, 15) is 29.4 Å². The van der Waals surface area contributed by atoms with E-state index in [2.05, 4.69) is 0 Å². The smallest absolute Gasteiger partial charge is 0.332 e. The molecule has 172 valence electrons. The zero-order chi connectivity index (χ0) is 22.8. The highest BCUT2D eigenvalue weighted by molar-refractivity contribution is 6.04. The third-order valence-corrected chi connectivity index (χ3v) is 3.79. The summed E-state index contributed by atoms with van der Waals surface area (Å²) in [6.45, 7) is 5.16. The highest BCUT2D eigenvalue weighted by Gasteiger charge is 2.26. The van der Waals surface area contributed by atoms with Crippen LogP contribution in [0.15, 0.2) is 11.1 Å². The van der Waals surface area contributed by atoms with E-state index >= 15 is 0 Å². The number of unbranched alkanes of at least 4 members (excludes halogenated alkanes) is 2. The summed E-state index contributed by atoms with van der Waals surface area (Å²) in [4.78, 5) is 46.6. The number of hydrogen-bond acceptors (Lipinski definition) is 8. The van der Waals surface area contributed by atoms with E-state index in [0.717, 1.165) is 25.7 Å². The zero-order valence-corrected chi connectivity index (χ0v) is 17.6. The van der Waals surface area contributed by atoms with Gasteiger partial charge in [-0.05, 0) is 12.8 Å². The number of carbonyl (C=O) groups is 4. The highest BCUT2D eigenvalue weighted by Crippen LogP contribution is 2.16. The third kappa shape index (κ3) is 13.7. The number of carbonyl (C=O) groups excluding carboxylic acids is 2. The minimum absolute atomic E-state index is 0.0854. The van der Waals surface area contributed by atoms with Crippen LogP contribution in [0.1, 0.15) is 52.4 Å². The highest BCUT2D eigenvalue weighted by atomic mass is 16.6. The van der Waals surface area contributed by atoms with Crippen LogP contribution < -0.4 is 0 Å². The maximum atomic E-state index is 11.9. The zero-order valence-electron chi connectivity index (χ0n) is 17.6. The van der Waals surface area contributed by atoms with Crippen molar-refractivity contribution in [1.29, 1.82) is 0 Å².